The number of halogens is 1. The third kappa shape index (κ3) is 3.03. The quantitative estimate of drug-likeness (QED) is 0.790. The van der Waals surface area contributed by atoms with Crippen molar-refractivity contribution in [1.82, 2.24) is 0 Å². The van der Waals surface area contributed by atoms with Gasteiger partial charge in [0.1, 0.15) is 11.1 Å². The summed E-state index contributed by atoms with van der Waals surface area (Å²) in [7, 11) is -2.75. The van der Waals surface area contributed by atoms with E-state index in [2.05, 4.69) is 4.74 Å². The van der Waals surface area contributed by atoms with Crippen LogP contribution in [0.5, 0.6) is 0 Å². The number of amides is 1. The van der Waals surface area contributed by atoms with E-state index in [0.717, 1.165) is 24.1 Å². The Kier molecular flexibility index (Phi) is 3.97. The molecule has 1 fully saturated rings. The van der Waals surface area contributed by atoms with E-state index >= 15 is 0 Å². The summed E-state index contributed by atoms with van der Waals surface area (Å²) in [6.07, 6.45) is -0.310. The van der Waals surface area contributed by atoms with Gasteiger partial charge in [-0.05, 0) is 18.2 Å². The van der Waals surface area contributed by atoms with Crippen LogP contribution >= 0.6 is 0 Å². The zero-order chi connectivity index (χ0) is 15.8. The molecule has 1 aliphatic rings. The smallest absolute Gasteiger partial charge is 0.339 e. The molecule has 1 aromatic rings. The average molecular weight is 316 g/mol. The van der Waals surface area contributed by atoms with Gasteiger partial charge in [-0.15, -0.1) is 0 Å². The minimum atomic E-state index is -3.90. The number of nitrogens with zero attached hydrogens (tertiary/aromatic N) is 1. The maximum atomic E-state index is 13.4. The number of benzene rings is 1. The monoisotopic (exact) mass is 316 g/mol. The molecule has 1 unspecified atom stereocenters. The van der Waals surface area contributed by atoms with Gasteiger partial charge in [0.05, 0.1) is 18.4 Å². The normalized spacial score (nSPS) is 18.9. The van der Waals surface area contributed by atoms with E-state index in [1.165, 1.54) is 6.07 Å². The van der Waals surface area contributed by atoms with Crippen molar-refractivity contribution in [3.8, 4) is 0 Å². The van der Waals surface area contributed by atoms with Crippen molar-refractivity contribution in [3.63, 3.8) is 0 Å². The van der Waals surface area contributed by atoms with E-state index in [9.17, 15) is 22.4 Å². The second-order valence-corrected chi connectivity index (χ2v) is 6.42. The zero-order valence-electron chi connectivity index (χ0n) is 11.1. The molecule has 114 valence electrons. The molecular weight excluding hydrogens is 303 g/mol. The predicted octanol–water partition coefficient (Wildman–Crippen LogP) is 0.00610. The van der Waals surface area contributed by atoms with Gasteiger partial charge in [0.2, 0.25) is 15.9 Å². The highest BCUT2D eigenvalue weighted by molar-refractivity contribution is 7.89. The summed E-state index contributed by atoms with van der Waals surface area (Å²) in [5, 5.41) is 3.94. The first-order chi connectivity index (χ1) is 9.74. The Hall–Kier alpha value is -2.00. The van der Waals surface area contributed by atoms with Gasteiger partial charge >= 0.3 is 5.97 Å². The molecule has 1 amide bonds. The molecule has 1 heterocycles. The highest BCUT2D eigenvalue weighted by atomic mass is 32.2. The average Bonchev–Trinajstić information content (AvgIpc) is 2.79. The molecule has 1 aromatic carbocycles. The molecule has 0 spiro atoms. The van der Waals surface area contributed by atoms with E-state index in [0.29, 0.717) is 0 Å². The predicted molar refractivity (Wildman–Crippen MR) is 71.6 cm³/mol. The topological polar surface area (TPSA) is 107 Å². The fourth-order valence-corrected chi connectivity index (χ4v) is 2.87. The van der Waals surface area contributed by atoms with Crippen molar-refractivity contribution >= 4 is 27.6 Å². The summed E-state index contributed by atoms with van der Waals surface area (Å²) in [5.41, 5.74) is -0.0553. The van der Waals surface area contributed by atoms with Crippen LogP contribution in [-0.2, 0) is 19.6 Å². The van der Waals surface area contributed by atoms with Crippen LogP contribution in [0.4, 0.5) is 10.1 Å². The highest BCUT2D eigenvalue weighted by Gasteiger charge is 2.38. The number of rotatable bonds is 3. The molecule has 1 saturated heterocycles. The maximum Gasteiger partial charge on any atom is 0.339 e. The van der Waals surface area contributed by atoms with Crippen LogP contribution in [0.25, 0.3) is 0 Å². The van der Waals surface area contributed by atoms with Gasteiger partial charge in [-0.1, -0.05) is 0 Å². The van der Waals surface area contributed by atoms with Crippen LogP contribution in [0.1, 0.15) is 16.8 Å². The van der Waals surface area contributed by atoms with Gasteiger partial charge in [0.25, 0.3) is 0 Å². The SMILES string of the molecule is COC(=O)c1ccc(F)cc1N1CC(S(N)(=O)=O)CC1=O. The van der Waals surface area contributed by atoms with Gasteiger partial charge < -0.3 is 9.64 Å². The zero-order valence-corrected chi connectivity index (χ0v) is 11.9. The Morgan fingerprint density at radius 3 is 2.67 bits per heavy atom. The summed E-state index contributed by atoms with van der Waals surface area (Å²) in [5.74, 6) is -1.97. The summed E-state index contributed by atoms with van der Waals surface area (Å²) < 4.78 is 40.6. The van der Waals surface area contributed by atoms with Crippen LogP contribution in [0.2, 0.25) is 0 Å². The third-order valence-corrected chi connectivity index (χ3v) is 4.46. The molecule has 0 aromatic heterocycles. The van der Waals surface area contributed by atoms with Crippen molar-refractivity contribution in [3.05, 3.63) is 29.6 Å². The Morgan fingerprint density at radius 2 is 2.14 bits per heavy atom. The number of carbonyl (C=O) groups is 2. The number of hydrogen-bond acceptors (Lipinski definition) is 5. The van der Waals surface area contributed by atoms with Crippen molar-refractivity contribution in [1.29, 1.82) is 0 Å². The molecule has 1 aliphatic heterocycles. The van der Waals surface area contributed by atoms with Crippen molar-refractivity contribution in [2.45, 2.75) is 11.7 Å². The van der Waals surface area contributed by atoms with E-state index in [4.69, 9.17) is 5.14 Å². The van der Waals surface area contributed by atoms with Crippen LogP contribution < -0.4 is 10.0 Å². The third-order valence-electron chi connectivity index (χ3n) is 3.21. The first-order valence-electron chi connectivity index (χ1n) is 5.94. The van der Waals surface area contributed by atoms with E-state index in [1.807, 2.05) is 0 Å². The van der Waals surface area contributed by atoms with Crippen molar-refractivity contribution in [2.24, 2.45) is 5.14 Å². The second kappa shape index (κ2) is 5.41. The van der Waals surface area contributed by atoms with Gasteiger partial charge in [-0.2, -0.15) is 0 Å². The lowest BCUT2D eigenvalue weighted by molar-refractivity contribution is -0.117. The van der Waals surface area contributed by atoms with Gasteiger partial charge in [0.15, 0.2) is 0 Å². The lowest BCUT2D eigenvalue weighted by Gasteiger charge is -2.19. The lowest BCUT2D eigenvalue weighted by Crippen LogP contribution is -2.32. The molecule has 7 nitrogen and oxygen atoms in total. The largest absolute Gasteiger partial charge is 0.465 e. The molecule has 9 heteroatoms. The number of carbonyl (C=O) groups excluding carboxylic acids is 2. The Balaban J connectivity index is 2.45. The summed E-state index contributed by atoms with van der Waals surface area (Å²) in [6, 6.07) is 3.21. The number of primary sulfonamides is 1. The van der Waals surface area contributed by atoms with Crippen LogP contribution in [0.3, 0.4) is 0 Å². The first kappa shape index (κ1) is 15.4. The Labute approximate surface area is 120 Å². The Bertz CT molecular complexity index is 704. The maximum absolute atomic E-state index is 13.4. The molecule has 0 radical (unpaired) electrons. The number of methoxy groups -OCH3 is 1. The lowest BCUT2D eigenvalue weighted by atomic mass is 10.1. The van der Waals surface area contributed by atoms with E-state index in [-0.39, 0.29) is 24.2 Å². The van der Waals surface area contributed by atoms with Crippen LogP contribution in [0.15, 0.2) is 18.2 Å². The molecule has 0 saturated carbocycles. The summed E-state index contributed by atoms with van der Waals surface area (Å²) >= 11 is 0. The Morgan fingerprint density at radius 1 is 1.48 bits per heavy atom. The number of esters is 1. The molecule has 1 atom stereocenters. The van der Waals surface area contributed by atoms with Crippen molar-refractivity contribution < 1.29 is 27.1 Å². The van der Waals surface area contributed by atoms with Gasteiger partial charge in [-0.25, -0.2) is 22.7 Å². The second-order valence-electron chi connectivity index (χ2n) is 4.57. The number of ether oxygens (including phenoxy) is 1. The standard InChI is InChI=1S/C12H13FN2O5S/c1-20-12(17)9-3-2-7(13)4-10(9)15-6-8(5-11(15)16)21(14,18)19/h2-4,8H,5-6H2,1H3,(H2,14,18,19). The van der Waals surface area contributed by atoms with Gasteiger partial charge in [0, 0.05) is 13.0 Å². The number of anilines is 1. The summed E-state index contributed by atoms with van der Waals surface area (Å²) in [4.78, 5) is 24.6. The fraction of sp³-hybridized carbons (Fsp3) is 0.333. The molecule has 0 bridgehead atoms. The minimum absolute atomic E-state index is 0.0256. The molecule has 0 aliphatic carbocycles. The van der Waals surface area contributed by atoms with Crippen molar-refractivity contribution in [2.75, 3.05) is 18.6 Å². The number of hydrogen-bond donors (Lipinski definition) is 1. The van der Waals surface area contributed by atoms with Crippen LogP contribution in [0, 0.1) is 5.82 Å². The molecule has 21 heavy (non-hydrogen) atoms. The molecule has 2 N–H and O–H groups in total. The minimum Gasteiger partial charge on any atom is -0.465 e. The van der Waals surface area contributed by atoms with Gasteiger partial charge in [-0.3, -0.25) is 4.79 Å². The van der Waals surface area contributed by atoms with E-state index < -0.39 is 33.0 Å². The summed E-state index contributed by atoms with van der Waals surface area (Å²) in [6.45, 7) is -0.231. The number of nitrogens with two attached hydrogens (primary N) is 1. The first-order valence-corrected chi connectivity index (χ1v) is 7.55. The molecule has 2 rings (SSSR count). The molecular formula is C12H13FN2O5S. The number of sulfonamides is 1. The highest BCUT2D eigenvalue weighted by Crippen LogP contribution is 2.28. The van der Waals surface area contributed by atoms with E-state index in [1.54, 1.807) is 0 Å². The fourth-order valence-electron chi connectivity index (χ4n) is 2.14. The van der Waals surface area contributed by atoms with Crippen LogP contribution in [-0.4, -0.2) is 39.2 Å².